The third-order valence-electron chi connectivity index (χ3n) is 3.04. The van der Waals surface area contributed by atoms with Gasteiger partial charge in [0.1, 0.15) is 0 Å². The molecule has 0 saturated heterocycles. The maximum atomic E-state index is 10.9. The summed E-state index contributed by atoms with van der Waals surface area (Å²) in [5, 5.41) is 8.94. The second kappa shape index (κ2) is 5.47. The van der Waals surface area contributed by atoms with Crippen LogP contribution in [0.25, 0.3) is 0 Å². The molecular weight excluding hydrogens is 194 g/mol. The van der Waals surface area contributed by atoms with E-state index in [1.807, 2.05) is 6.92 Å². The zero-order valence-electron chi connectivity index (χ0n) is 9.48. The van der Waals surface area contributed by atoms with E-state index in [0.717, 1.165) is 12.8 Å². The summed E-state index contributed by atoms with van der Waals surface area (Å²) < 4.78 is 5.65. The van der Waals surface area contributed by atoms with Crippen LogP contribution in [0.2, 0.25) is 0 Å². The smallest absolute Gasteiger partial charge is 0.306 e. The van der Waals surface area contributed by atoms with Crippen molar-refractivity contribution in [3.05, 3.63) is 0 Å². The summed E-state index contributed by atoms with van der Waals surface area (Å²) in [6.07, 6.45) is 2.39. The summed E-state index contributed by atoms with van der Waals surface area (Å²) in [7, 11) is 0. The van der Waals surface area contributed by atoms with Crippen LogP contribution in [0, 0.1) is 11.8 Å². The highest BCUT2D eigenvalue weighted by Gasteiger charge is 2.32. The molecule has 1 aliphatic carbocycles. The van der Waals surface area contributed by atoms with E-state index in [1.165, 1.54) is 0 Å². The van der Waals surface area contributed by atoms with Crippen LogP contribution in [0.5, 0.6) is 0 Å². The van der Waals surface area contributed by atoms with Gasteiger partial charge >= 0.3 is 5.97 Å². The molecule has 4 heteroatoms. The molecule has 0 bridgehead atoms. The molecule has 1 rings (SSSR count). The van der Waals surface area contributed by atoms with Crippen LogP contribution in [0.3, 0.4) is 0 Å². The van der Waals surface area contributed by atoms with Crippen LogP contribution >= 0.6 is 0 Å². The van der Waals surface area contributed by atoms with Crippen molar-refractivity contribution >= 4 is 5.97 Å². The first-order valence-electron chi connectivity index (χ1n) is 5.60. The number of nitrogens with two attached hydrogens (primary N) is 1. The Morgan fingerprint density at radius 3 is 2.80 bits per heavy atom. The van der Waals surface area contributed by atoms with Gasteiger partial charge in [-0.05, 0) is 32.1 Å². The molecule has 0 aromatic rings. The molecular formula is C11H21NO3. The van der Waals surface area contributed by atoms with Crippen LogP contribution in [0.15, 0.2) is 0 Å². The van der Waals surface area contributed by atoms with Gasteiger partial charge in [-0.2, -0.15) is 0 Å². The van der Waals surface area contributed by atoms with Crippen molar-refractivity contribution in [1.29, 1.82) is 0 Å². The highest BCUT2D eigenvalue weighted by Crippen LogP contribution is 2.31. The Hall–Kier alpha value is -0.610. The van der Waals surface area contributed by atoms with Crippen LogP contribution in [-0.2, 0) is 9.53 Å². The van der Waals surface area contributed by atoms with Crippen molar-refractivity contribution in [2.45, 2.75) is 45.3 Å². The lowest BCUT2D eigenvalue weighted by Gasteiger charge is -2.32. The maximum Gasteiger partial charge on any atom is 0.306 e. The molecule has 88 valence electrons. The SMILES string of the molecule is CC(N)COC1CC(C(=O)O)CCC1C. The quantitative estimate of drug-likeness (QED) is 0.740. The van der Waals surface area contributed by atoms with E-state index in [-0.39, 0.29) is 18.1 Å². The summed E-state index contributed by atoms with van der Waals surface area (Å²) in [4.78, 5) is 10.9. The van der Waals surface area contributed by atoms with Crippen molar-refractivity contribution in [2.24, 2.45) is 17.6 Å². The predicted octanol–water partition coefficient (Wildman–Crippen LogP) is 1.24. The van der Waals surface area contributed by atoms with Crippen LogP contribution in [0.1, 0.15) is 33.1 Å². The van der Waals surface area contributed by atoms with Gasteiger partial charge in [0, 0.05) is 6.04 Å². The van der Waals surface area contributed by atoms with Gasteiger partial charge in [0.25, 0.3) is 0 Å². The fraction of sp³-hybridized carbons (Fsp3) is 0.909. The number of ether oxygens (including phenoxy) is 1. The lowest BCUT2D eigenvalue weighted by Crippen LogP contribution is -2.36. The standard InChI is InChI=1S/C11H21NO3/c1-7-3-4-9(11(13)14)5-10(7)15-6-8(2)12/h7-10H,3-6,12H2,1-2H3,(H,13,14). The van der Waals surface area contributed by atoms with Crippen molar-refractivity contribution in [3.63, 3.8) is 0 Å². The van der Waals surface area contributed by atoms with Gasteiger partial charge in [0.2, 0.25) is 0 Å². The van der Waals surface area contributed by atoms with Gasteiger partial charge in [-0.25, -0.2) is 0 Å². The summed E-state index contributed by atoms with van der Waals surface area (Å²) in [6, 6.07) is 0.0161. The molecule has 0 aromatic heterocycles. The number of carboxylic acids is 1. The van der Waals surface area contributed by atoms with Crippen LogP contribution < -0.4 is 5.73 Å². The molecule has 0 radical (unpaired) electrons. The molecule has 0 heterocycles. The van der Waals surface area contributed by atoms with Gasteiger partial charge in [-0.1, -0.05) is 6.92 Å². The summed E-state index contributed by atoms with van der Waals surface area (Å²) >= 11 is 0. The zero-order valence-corrected chi connectivity index (χ0v) is 9.48. The molecule has 0 aromatic carbocycles. The average molecular weight is 215 g/mol. The van der Waals surface area contributed by atoms with Crippen LogP contribution in [0.4, 0.5) is 0 Å². The molecule has 4 nitrogen and oxygen atoms in total. The lowest BCUT2D eigenvalue weighted by molar-refractivity contribution is -0.146. The van der Waals surface area contributed by atoms with Gasteiger partial charge in [0.15, 0.2) is 0 Å². The van der Waals surface area contributed by atoms with Crippen molar-refractivity contribution in [3.8, 4) is 0 Å². The Morgan fingerprint density at radius 1 is 1.60 bits per heavy atom. The molecule has 0 spiro atoms. The minimum atomic E-state index is -0.698. The van der Waals surface area contributed by atoms with Gasteiger partial charge in [-0.15, -0.1) is 0 Å². The molecule has 1 aliphatic rings. The third-order valence-corrected chi connectivity index (χ3v) is 3.04. The Labute approximate surface area is 90.8 Å². The first-order valence-corrected chi connectivity index (χ1v) is 5.60. The first-order chi connectivity index (χ1) is 7.00. The largest absolute Gasteiger partial charge is 0.481 e. The summed E-state index contributed by atoms with van der Waals surface area (Å²) in [5.74, 6) is -0.491. The van der Waals surface area contributed by atoms with Crippen LogP contribution in [-0.4, -0.2) is 29.8 Å². The van der Waals surface area contributed by atoms with Gasteiger partial charge < -0.3 is 15.6 Å². The molecule has 4 unspecified atom stereocenters. The fourth-order valence-electron chi connectivity index (χ4n) is 2.01. The predicted molar refractivity (Wildman–Crippen MR) is 57.5 cm³/mol. The van der Waals surface area contributed by atoms with Crippen molar-refractivity contribution in [2.75, 3.05) is 6.61 Å². The molecule has 1 saturated carbocycles. The molecule has 1 fully saturated rings. The third kappa shape index (κ3) is 3.80. The monoisotopic (exact) mass is 215 g/mol. The number of carbonyl (C=O) groups is 1. The first kappa shape index (κ1) is 12.5. The highest BCUT2D eigenvalue weighted by atomic mass is 16.5. The minimum Gasteiger partial charge on any atom is -0.481 e. The Kier molecular flexibility index (Phi) is 4.54. The number of carboxylic acid groups (broad SMARTS) is 1. The lowest BCUT2D eigenvalue weighted by atomic mass is 9.81. The highest BCUT2D eigenvalue weighted by molar-refractivity contribution is 5.70. The summed E-state index contributed by atoms with van der Waals surface area (Å²) in [6.45, 7) is 4.52. The second-order valence-corrected chi connectivity index (χ2v) is 4.67. The maximum absolute atomic E-state index is 10.9. The fourth-order valence-corrected chi connectivity index (χ4v) is 2.01. The van der Waals surface area contributed by atoms with E-state index in [2.05, 4.69) is 6.92 Å². The van der Waals surface area contributed by atoms with Crippen molar-refractivity contribution in [1.82, 2.24) is 0 Å². The van der Waals surface area contributed by atoms with E-state index in [4.69, 9.17) is 15.6 Å². The van der Waals surface area contributed by atoms with Crippen molar-refractivity contribution < 1.29 is 14.6 Å². The Balaban J connectivity index is 2.42. The molecule has 3 N–H and O–H groups in total. The van der Waals surface area contributed by atoms with Gasteiger partial charge in [-0.3, -0.25) is 4.79 Å². The van der Waals surface area contributed by atoms with E-state index >= 15 is 0 Å². The zero-order chi connectivity index (χ0) is 11.4. The molecule has 15 heavy (non-hydrogen) atoms. The molecule has 0 amide bonds. The normalized spacial score (nSPS) is 33.7. The number of rotatable bonds is 4. The minimum absolute atomic E-state index is 0.0161. The Morgan fingerprint density at radius 2 is 2.27 bits per heavy atom. The number of aliphatic carboxylic acids is 1. The number of hydrogen-bond acceptors (Lipinski definition) is 3. The average Bonchev–Trinajstić information content (AvgIpc) is 2.16. The van der Waals surface area contributed by atoms with E-state index < -0.39 is 5.97 Å². The van der Waals surface area contributed by atoms with Gasteiger partial charge in [0.05, 0.1) is 18.6 Å². The van der Waals surface area contributed by atoms with E-state index in [0.29, 0.717) is 18.9 Å². The summed E-state index contributed by atoms with van der Waals surface area (Å²) in [5.41, 5.74) is 5.61. The number of hydrogen-bond donors (Lipinski definition) is 2. The molecule has 4 atom stereocenters. The van der Waals surface area contributed by atoms with E-state index in [1.54, 1.807) is 0 Å². The topological polar surface area (TPSA) is 72.5 Å². The van der Waals surface area contributed by atoms with E-state index in [9.17, 15) is 4.79 Å². The molecule has 0 aliphatic heterocycles. The second-order valence-electron chi connectivity index (χ2n) is 4.67. The Bertz CT molecular complexity index is 218.